The summed E-state index contributed by atoms with van der Waals surface area (Å²) >= 11 is 1.57. The summed E-state index contributed by atoms with van der Waals surface area (Å²) < 4.78 is 0. The Morgan fingerprint density at radius 3 is 2.05 bits per heavy atom. The van der Waals surface area contributed by atoms with Crippen LogP contribution in [0.25, 0.3) is 0 Å². The number of benzene rings is 2. The van der Waals surface area contributed by atoms with Crippen molar-refractivity contribution in [2.24, 2.45) is 0 Å². The van der Waals surface area contributed by atoms with Gasteiger partial charge in [-0.05, 0) is 60.0 Å². The second-order valence-corrected chi connectivity index (χ2v) is 9.34. The Kier molecular flexibility index (Phi) is 9.85. The molecule has 1 aromatic heterocycles. The summed E-state index contributed by atoms with van der Waals surface area (Å²) in [6.45, 7) is 2.08. The Hall–Kier alpha value is -4.11. The van der Waals surface area contributed by atoms with Crippen LogP contribution in [-0.2, 0) is 4.79 Å². The number of urea groups is 2. The van der Waals surface area contributed by atoms with Crippen LogP contribution in [0.2, 0.25) is 0 Å². The molecule has 194 valence electrons. The third kappa shape index (κ3) is 7.44. The molecule has 2 aromatic carbocycles. The quantitative estimate of drug-likeness (QED) is 0.334. The molecule has 1 unspecified atom stereocenters. The molecule has 4 amide bonds. The molecule has 8 nitrogen and oxygen atoms in total. The second kappa shape index (κ2) is 13.3. The first-order valence-corrected chi connectivity index (χ1v) is 12.8. The van der Waals surface area contributed by atoms with Gasteiger partial charge in [-0.3, -0.25) is 4.90 Å². The van der Waals surface area contributed by atoms with Crippen LogP contribution in [0.15, 0.2) is 89.6 Å². The van der Waals surface area contributed by atoms with Crippen molar-refractivity contribution in [3.05, 3.63) is 95.2 Å². The number of amides is 4. The third-order valence-electron chi connectivity index (χ3n) is 6.15. The van der Waals surface area contributed by atoms with Gasteiger partial charge in [0, 0.05) is 26.7 Å². The van der Waals surface area contributed by atoms with Gasteiger partial charge in [-0.15, -0.1) is 0 Å². The van der Waals surface area contributed by atoms with E-state index in [2.05, 4.69) is 5.32 Å². The van der Waals surface area contributed by atoms with E-state index in [1.54, 1.807) is 40.1 Å². The van der Waals surface area contributed by atoms with Crippen LogP contribution < -0.4 is 10.2 Å². The first-order valence-electron chi connectivity index (χ1n) is 11.9. The predicted molar refractivity (Wildman–Crippen MR) is 147 cm³/mol. The first-order chi connectivity index (χ1) is 17.8. The van der Waals surface area contributed by atoms with Gasteiger partial charge in [0.25, 0.3) is 0 Å². The SMILES string of the molecule is CC(c1ccsc1)N(C)C(=O)N(C)[C@@H](C/C=C/C(=O)O)CNC(=O)N(c1ccccc1)c1ccccc1. The second-order valence-electron chi connectivity index (χ2n) is 8.56. The van der Waals surface area contributed by atoms with Crippen molar-refractivity contribution in [2.75, 3.05) is 25.5 Å². The highest BCUT2D eigenvalue weighted by atomic mass is 32.1. The standard InChI is InChI=1S/C28H32N4O4S/c1-21(22-17-18-37-20-22)30(2)28(36)31(3)25(15-10-16-26(33)34)19-29-27(35)32(23-11-6-4-7-12-23)24-13-8-5-9-14-24/h4-14,16-18,20-21,25H,15,19H2,1-3H3,(H,29,35)(H,33,34)/b16-10+/t21?,25-/m0/s1. The topological polar surface area (TPSA) is 93.2 Å². The highest BCUT2D eigenvalue weighted by Gasteiger charge is 2.27. The van der Waals surface area contributed by atoms with Crippen molar-refractivity contribution in [3.8, 4) is 0 Å². The number of carboxylic acids is 1. The lowest BCUT2D eigenvalue weighted by Gasteiger charge is -2.34. The number of nitrogens with one attached hydrogen (secondary N) is 1. The molecule has 0 saturated heterocycles. The monoisotopic (exact) mass is 520 g/mol. The molecular weight excluding hydrogens is 488 g/mol. The van der Waals surface area contributed by atoms with Crippen LogP contribution >= 0.6 is 11.3 Å². The van der Waals surface area contributed by atoms with Crippen molar-refractivity contribution in [2.45, 2.75) is 25.4 Å². The zero-order valence-electron chi connectivity index (χ0n) is 21.2. The average Bonchev–Trinajstić information content (AvgIpc) is 3.45. The predicted octanol–water partition coefficient (Wildman–Crippen LogP) is 5.74. The minimum atomic E-state index is -1.07. The van der Waals surface area contributed by atoms with Crippen LogP contribution in [0, 0.1) is 0 Å². The number of nitrogens with zero attached hydrogens (tertiary/aromatic N) is 3. The number of hydrogen-bond acceptors (Lipinski definition) is 4. The van der Waals surface area contributed by atoms with Crippen LogP contribution in [0.3, 0.4) is 0 Å². The molecule has 37 heavy (non-hydrogen) atoms. The molecule has 0 aliphatic carbocycles. The molecule has 0 fully saturated rings. The van der Waals surface area contributed by atoms with Gasteiger partial charge in [0.05, 0.1) is 23.5 Å². The van der Waals surface area contributed by atoms with Crippen molar-refractivity contribution in [3.63, 3.8) is 0 Å². The molecule has 0 aliphatic rings. The molecule has 3 aromatic rings. The highest BCUT2D eigenvalue weighted by molar-refractivity contribution is 7.08. The molecule has 9 heteroatoms. The fourth-order valence-corrected chi connectivity index (χ4v) is 4.58. The van der Waals surface area contributed by atoms with E-state index in [1.807, 2.05) is 84.4 Å². The van der Waals surface area contributed by atoms with Crippen LogP contribution in [0.5, 0.6) is 0 Å². The molecular formula is C28H32N4O4S. The summed E-state index contributed by atoms with van der Waals surface area (Å²) in [5.74, 6) is -1.07. The van der Waals surface area contributed by atoms with Gasteiger partial charge >= 0.3 is 18.0 Å². The summed E-state index contributed by atoms with van der Waals surface area (Å²) in [6, 6.07) is 19.3. The summed E-state index contributed by atoms with van der Waals surface area (Å²) in [7, 11) is 3.40. The van der Waals surface area contributed by atoms with Crippen molar-refractivity contribution < 1.29 is 19.5 Å². The zero-order chi connectivity index (χ0) is 26.8. The maximum atomic E-state index is 13.4. The van der Waals surface area contributed by atoms with Gasteiger partial charge in [0.15, 0.2) is 0 Å². The number of hydrogen-bond donors (Lipinski definition) is 2. The zero-order valence-corrected chi connectivity index (χ0v) is 22.0. The summed E-state index contributed by atoms with van der Waals surface area (Å²) in [6.07, 6.45) is 2.80. The van der Waals surface area contributed by atoms with E-state index in [1.165, 1.54) is 6.08 Å². The Bertz CT molecular complexity index is 1150. The summed E-state index contributed by atoms with van der Waals surface area (Å²) in [5, 5.41) is 15.9. The van der Waals surface area contributed by atoms with Crippen molar-refractivity contribution in [1.29, 1.82) is 0 Å². The number of anilines is 2. The third-order valence-corrected chi connectivity index (χ3v) is 6.85. The van der Waals surface area contributed by atoms with Crippen LogP contribution in [0.1, 0.15) is 24.9 Å². The number of aliphatic carboxylic acids is 1. The lowest BCUT2D eigenvalue weighted by molar-refractivity contribution is -0.131. The lowest BCUT2D eigenvalue weighted by Crippen LogP contribution is -2.50. The van der Waals surface area contributed by atoms with Crippen molar-refractivity contribution >= 4 is 40.7 Å². The highest BCUT2D eigenvalue weighted by Crippen LogP contribution is 2.25. The van der Waals surface area contributed by atoms with Gasteiger partial charge in [-0.1, -0.05) is 42.5 Å². The number of likely N-dealkylation sites (N-methyl/N-ethyl adjacent to an activating group) is 1. The minimum absolute atomic E-state index is 0.127. The van der Waals surface area contributed by atoms with Gasteiger partial charge in [-0.2, -0.15) is 11.3 Å². The first kappa shape index (κ1) is 27.5. The molecule has 0 saturated carbocycles. The van der Waals surface area contributed by atoms with E-state index < -0.39 is 12.0 Å². The minimum Gasteiger partial charge on any atom is -0.478 e. The van der Waals surface area contributed by atoms with E-state index in [-0.39, 0.29) is 31.1 Å². The molecule has 2 N–H and O–H groups in total. The Morgan fingerprint density at radius 1 is 0.946 bits per heavy atom. The maximum absolute atomic E-state index is 13.4. The van der Waals surface area contributed by atoms with Gasteiger partial charge in [-0.25, -0.2) is 14.4 Å². The largest absolute Gasteiger partial charge is 0.478 e. The molecule has 0 aliphatic heterocycles. The van der Waals surface area contributed by atoms with Gasteiger partial charge in [0.2, 0.25) is 0 Å². The maximum Gasteiger partial charge on any atom is 0.327 e. The van der Waals surface area contributed by atoms with Gasteiger partial charge in [0.1, 0.15) is 0 Å². The van der Waals surface area contributed by atoms with E-state index in [4.69, 9.17) is 5.11 Å². The molecule has 1 heterocycles. The smallest absolute Gasteiger partial charge is 0.327 e. The van der Waals surface area contributed by atoms with E-state index in [0.717, 1.165) is 11.6 Å². The van der Waals surface area contributed by atoms with E-state index in [9.17, 15) is 14.4 Å². The molecule has 0 bridgehead atoms. The Balaban J connectivity index is 1.78. The molecule has 3 rings (SSSR count). The number of para-hydroxylation sites is 2. The van der Waals surface area contributed by atoms with Gasteiger partial charge < -0.3 is 20.2 Å². The number of carbonyl (C=O) groups excluding carboxylic acids is 2. The van der Waals surface area contributed by atoms with E-state index in [0.29, 0.717) is 11.4 Å². The van der Waals surface area contributed by atoms with Crippen LogP contribution in [0.4, 0.5) is 21.0 Å². The Morgan fingerprint density at radius 2 is 1.54 bits per heavy atom. The van der Waals surface area contributed by atoms with E-state index >= 15 is 0 Å². The molecule has 0 radical (unpaired) electrons. The van der Waals surface area contributed by atoms with Crippen LogP contribution in [-0.4, -0.2) is 59.6 Å². The number of carboxylic acid groups (broad SMARTS) is 1. The lowest BCUT2D eigenvalue weighted by atomic mass is 10.1. The number of rotatable bonds is 10. The fourth-order valence-electron chi connectivity index (χ4n) is 3.83. The normalized spacial score (nSPS) is 12.5. The molecule has 2 atom stereocenters. The fraction of sp³-hybridized carbons (Fsp3) is 0.250. The van der Waals surface area contributed by atoms with Crippen molar-refractivity contribution in [1.82, 2.24) is 15.1 Å². The Labute approximate surface area is 221 Å². The number of thiophene rings is 1. The number of carbonyl (C=O) groups is 3. The summed E-state index contributed by atoms with van der Waals surface area (Å²) in [4.78, 5) is 42.5. The summed E-state index contributed by atoms with van der Waals surface area (Å²) in [5.41, 5.74) is 2.43. The molecule has 0 spiro atoms. The average molecular weight is 521 g/mol.